The molecule has 0 bridgehead atoms. The van der Waals surface area contributed by atoms with Gasteiger partial charge in [0.25, 0.3) is 0 Å². The fourth-order valence-electron chi connectivity index (χ4n) is 6.09. The van der Waals surface area contributed by atoms with Crippen LogP contribution in [0.25, 0.3) is 0 Å². The van der Waals surface area contributed by atoms with E-state index in [1.54, 1.807) is 23.5 Å². The highest BCUT2D eigenvalue weighted by Crippen LogP contribution is 2.22. The van der Waals surface area contributed by atoms with Crippen molar-refractivity contribution >= 4 is 35.3 Å². The molecule has 0 aromatic heterocycles. The molecule has 0 aromatic rings. The van der Waals surface area contributed by atoms with Crippen molar-refractivity contribution in [3.8, 4) is 0 Å². The molecule has 0 aliphatic heterocycles. The van der Waals surface area contributed by atoms with E-state index < -0.39 is 0 Å². The van der Waals surface area contributed by atoms with Gasteiger partial charge in [-0.05, 0) is 49.4 Å². The van der Waals surface area contributed by atoms with Crippen LogP contribution < -0.4 is 0 Å². The quantitative estimate of drug-likeness (QED) is 0.0696. The average Bonchev–Trinajstić information content (AvgIpc) is 3.04. The summed E-state index contributed by atoms with van der Waals surface area (Å²) < 4.78 is 0. The van der Waals surface area contributed by atoms with Gasteiger partial charge in [-0.2, -0.15) is 23.5 Å². The number of unbranched alkanes of at least 4 members (excludes halogenated alkanes) is 4. The van der Waals surface area contributed by atoms with E-state index in [4.69, 9.17) is 0 Å². The molecule has 0 heterocycles. The summed E-state index contributed by atoms with van der Waals surface area (Å²) >= 11 is 3.53. The lowest BCUT2D eigenvalue weighted by molar-refractivity contribution is -0.130. The van der Waals surface area contributed by atoms with Gasteiger partial charge in [0.2, 0.25) is 11.8 Å². The highest BCUT2D eigenvalue weighted by molar-refractivity contribution is 8.03. The summed E-state index contributed by atoms with van der Waals surface area (Å²) in [6.45, 7) is 21.9. The SMILES string of the molecule is CCCCC(CC)CN(CC(CC)CCCC)C(=O)CSCCSCC(=O)N(CC(CC)CCCC)CC(CC)CCCC. The van der Waals surface area contributed by atoms with Gasteiger partial charge in [-0.1, -0.05) is 132 Å². The summed E-state index contributed by atoms with van der Waals surface area (Å²) in [6, 6.07) is 0. The monoisotopic (exact) mass is 657 g/mol. The predicted octanol–water partition coefficient (Wildman–Crippen LogP) is 11.0. The van der Waals surface area contributed by atoms with Crippen LogP contribution in [0.4, 0.5) is 0 Å². The van der Waals surface area contributed by atoms with Crippen LogP contribution in [-0.2, 0) is 9.59 Å². The highest BCUT2D eigenvalue weighted by Gasteiger charge is 2.23. The minimum absolute atomic E-state index is 0.322. The molecule has 0 saturated carbocycles. The lowest BCUT2D eigenvalue weighted by Gasteiger charge is -2.31. The Morgan fingerprint density at radius 3 is 0.909 bits per heavy atom. The van der Waals surface area contributed by atoms with E-state index in [2.05, 4.69) is 65.2 Å². The van der Waals surface area contributed by atoms with Crippen LogP contribution in [0, 0.1) is 23.7 Å². The van der Waals surface area contributed by atoms with Crippen molar-refractivity contribution in [3.05, 3.63) is 0 Å². The molecule has 0 N–H and O–H groups in total. The Kier molecular flexibility index (Phi) is 29.8. The lowest BCUT2D eigenvalue weighted by atomic mass is 9.95. The van der Waals surface area contributed by atoms with Crippen molar-refractivity contribution in [2.24, 2.45) is 23.7 Å². The second-order valence-electron chi connectivity index (χ2n) is 13.4. The largest absolute Gasteiger partial charge is 0.341 e. The molecule has 0 aromatic carbocycles. The van der Waals surface area contributed by atoms with Gasteiger partial charge in [-0.3, -0.25) is 9.59 Å². The Bertz CT molecular complexity index is 585. The summed E-state index contributed by atoms with van der Waals surface area (Å²) in [5.41, 5.74) is 0. The topological polar surface area (TPSA) is 40.6 Å². The molecule has 0 aliphatic carbocycles. The molecule has 44 heavy (non-hydrogen) atoms. The normalized spacial score (nSPS) is 14.3. The number of hydrogen-bond donors (Lipinski definition) is 0. The van der Waals surface area contributed by atoms with E-state index in [9.17, 15) is 9.59 Å². The Hall–Kier alpha value is -0.360. The number of nitrogens with zero attached hydrogens (tertiary/aromatic N) is 2. The smallest absolute Gasteiger partial charge is 0.232 e. The molecule has 262 valence electrons. The van der Waals surface area contributed by atoms with Crippen molar-refractivity contribution < 1.29 is 9.59 Å². The van der Waals surface area contributed by atoms with Gasteiger partial charge < -0.3 is 9.80 Å². The van der Waals surface area contributed by atoms with E-state index in [1.165, 1.54) is 77.0 Å². The number of rotatable bonds is 31. The third-order valence-corrected chi connectivity index (χ3v) is 11.8. The third-order valence-electron chi connectivity index (χ3n) is 9.62. The van der Waals surface area contributed by atoms with Crippen LogP contribution in [0.15, 0.2) is 0 Å². The van der Waals surface area contributed by atoms with Gasteiger partial charge in [-0.25, -0.2) is 0 Å². The predicted molar refractivity (Wildman–Crippen MR) is 201 cm³/mol. The Morgan fingerprint density at radius 2 is 0.705 bits per heavy atom. The molecule has 4 unspecified atom stereocenters. The number of hydrogen-bond acceptors (Lipinski definition) is 4. The van der Waals surface area contributed by atoms with Crippen LogP contribution in [0.3, 0.4) is 0 Å². The Balaban J connectivity index is 5.01. The summed E-state index contributed by atoms with van der Waals surface area (Å²) in [7, 11) is 0. The maximum atomic E-state index is 13.5. The first-order valence-electron chi connectivity index (χ1n) is 19.0. The third kappa shape index (κ3) is 21.4. The first-order chi connectivity index (χ1) is 21.3. The number of carbonyl (C=O) groups is 2. The summed E-state index contributed by atoms with van der Waals surface area (Å²) in [5, 5.41) is 0. The van der Waals surface area contributed by atoms with Crippen LogP contribution in [0.1, 0.15) is 158 Å². The summed E-state index contributed by atoms with van der Waals surface area (Å²) in [4.78, 5) is 31.4. The molecule has 0 spiro atoms. The second kappa shape index (κ2) is 30.0. The van der Waals surface area contributed by atoms with E-state index in [0.717, 1.165) is 63.4 Å². The van der Waals surface area contributed by atoms with E-state index in [-0.39, 0.29) is 0 Å². The zero-order valence-corrected chi connectivity index (χ0v) is 32.4. The molecule has 4 nitrogen and oxygen atoms in total. The Labute approximate surface area is 284 Å². The highest BCUT2D eigenvalue weighted by atomic mass is 32.2. The van der Waals surface area contributed by atoms with Crippen LogP contribution in [0.5, 0.6) is 0 Å². The van der Waals surface area contributed by atoms with Gasteiger partial charge in [0.05, 0.1) is 11.5 Å². The molecule has 0 aliphatic rings. The molecule has 6 heteroatoms. The first-order valence-corrected chi connectivity index (χ1v) is 21.3. The number of thioether (sulfide) groups is 2. The Morgan fingerprint density at radius 1 is 0.455 bits per heavy atom. The first kappa shape index (κ1) is 43.6. The van der Waals surface area contributed by atoms with Crippen LogP contribution in [-0.4, -0.2) is 70.8 Å². The molecule has 0 fully saturated rings. The molecule has 0 radical (unpaired) electrons. The zero-order chi connectivity index (χ0) is 33.0. The van der Waals surface area contributed by atoms with E-state index in [0.29, 0.717) is 47.0 Å². The maximum absolute atomic E-state index is 13.5. The molecular formula is C38H76N2O2S2. The van der Waals surface area contributed by atoms with Gasteiger partial charge in [-0.15, -0.1) is 0 Å². The van der Waals surface area contributed by atoms with Gasteiger partial charge in [0, 0.05) is 37.7 Å². The van der Waals surface area contributed by atoms with Crippen LogP contribution >= 0.6 is 23.5 Å². The lowest BCUT2D eigenvalue weighted by Crippen LogP contribution is -2.40. The van der Waals surface area contributed by atoms with E-state index >= 15 is 0 Å². The van der Waals surface area contributed by atoms with Crippen molar-refractivity contribution in [2.45, 2.75) is 158 Å². The van der Waals surface area contributed by atoms with Crippen molar-refractivity contribution in [1.82, 2.24) is 9.80 Å². The molecule has 4 atom stereocenters. The van der Waals surface area contributed by atoms with Gasteiger partial charge in [0.1, 0.15) is 0 Å². The minimum atomic E-state index is 0.322. The standard InChI is InChI=1S/C38H76N2O2S2/c1-9-17-21-33(13-5)27-39(28-34(14-6)22-18-10-2)37(41)31-43-25-26-44-32-38(42)40(29-35(15-7)23-19-11-3)30-36(16-8)24-20-12-4/h33-36H,9-32H2,1-8H3. The fraction of sp³-hybridized carbons (Fsp3) is 0.947. The fourth-order valence-corrected chi connectivity index (χ4v) is 8.04. The zero-order valence-electron chi connectivity index (χ0n) is 30.8. The minimum Gasteiger partial charge on any atom is -0.341 e. The van der Waals surface area contributed by atoms with Gasteiger partial charge in [0.15, 0.2) is 0 Å². The molecule has 0 saturated heterocycles. The molecule has 0 rings (SSSR count). The maximum Gasteiger partial charge on any atom is 0.232 e. The number of carbonyl (C=O) groups excluding carboxylic acids is 2. The van der Waals surface area contributed by atoms with Crippen molar-refractivity contribution in [3.63, 3.8) is 0 Å². The van der Waals surface area contributed by atoms with E-state index in [1.807, 2.05) is 0 Å². The second-order valence-corrected chi connectivity index (χ2v) is 15.6. The number of amides is 2. The van der Waals surface area contributed by atoms with Crippen molar-refractivity contribution in [1.29, 1.82) is 0 Å². The molecular weight excluding hydrogens is 581 g/mol. The molecule has 2 amide bonds. The van der Waals surface area contributed by atoms with Crippen LogP contribution in [0.2, 0.25) is 0 Å². The average molecular weight is 657 g/mol. The van der Waals surface area contributed by atoms with Gasteiger partial charge >= 0.3 is 0 Å². The van der Waals surface area contributed by atoms with Crippen molar-refractivity contribution in [2.75, 3.05) is 49.2 Å². The summed E-state index contributed by atoms with van der Waals surface area (Å²) in [6.07, 6.45) is 19.4. The summed E-state index contributed by atoms with van der Waals surface area (Å²) in [5.74, 6) is 6.09.